The lowest BCUT2D eigenvalue weighted by atomic mass is 10.1. The van der Waals surface area contributed by atoms with Crippen molar-refractivity contribution in [3.63, 3.8) is 0 Å². The molecule has 0 bridgehead atoms. The van der Waals surface area contributed by atoms with Gasteiger partial charge < -0.3 is 21.5 Å². The molecule has 0 spiro atoms. The van der Waals surface area contributed by atoms with Crippen LogP contribution in [0.15, 0.2) is 62.7 Å². The Morgan fingerprint density at radius 3 is 1.70 bits per heavy atom. The molecule has 0 heterocycles. The van der Waals surface area contributed by atoms with Crippen molar-refractivity contribution in [3.05, 3.63) is 73.9 Å². The van der Waals surface area contributed by atoms with Crippen LogP contribution < -0.4 is 16.8 Å². The van der Waals surface area contributed by atoms with Crippen LogP contribution in [0.1, 0.15) is 11.1 Å². The number of allylic oxidation sites excluding steroid dienone is 1. The largest absolute Gasteiger partial charge is 0.466 e. The molecule has 1 aromatic carbocycles. The van der Waals surface area contributed by atoms with Crippen molar-refractivity contribution in [2.75, 3.05) is 33.3 Å². The molecule has 6 heteroatoms. The maximum absolute atomic E-state index is 9.84. The maximum Gasteiger partial charge on any atom is 0.329 e. The first-order valence-corrected chi connectivity index (χ1v) is 8.18. The molecular weight excluding hydrogens is 340 g/mol. The molecule has 0 radical (unpaired) electrons. The molecule has 0 unspecified atom stereocenters. The summed E-state index contributed by atoms with van der Waals surface area (Å²) in [5, 5.41) is 10.5. The predicted octanol–water partition coefficient (Wildman–Crippen LogP) is 2.51. The topological polar surface area (TPSA) is 114 Å². The number of rotatable bonds is 7. The second-order valence-corrected chi connectivity index (χ2v) is 4.43. The Kier molecular flexibility index (Phi) is 27.0. The molecule has 6 nitrogen and oxygen atoms in total. The average Bonchev–Trinajstić information content (AvgIpc) is 2.74. The number of hydrogen-bond acceptors (Lipinski definition) is 6. The maximum atomic E-state index is 9.84. The van der Waals surface area contributed by atoms with Crippen LogP contribution in [-0.4, -0.2) is 39.3 Å². The lowest BCUT2D eigenvalue weighted by Crippen LogP contribution is -2.27. The summed E-state index contributed by atoms with van der Waals surface area (Å²) in [4.78, 5) is 9.84. The second kappa shape index (κ2) is 25.3. The summed E-state index contributed by atoms with van der Waals surface area (Å²) in [7, 11) is 1.31. The van der Waals surface area contributed by atoms with Gasteiger partial charge in [0.05, 0.1) is 13.2 Å². The lowest BCUT2D eigenvalue weighted by Gasteiger charge is -1.96. The highest BCUT2D eigenvalue weighted by atomic mass is 16.5. The third-order valence-corrected chi connectivity index (χ3v) is 2.54. The molecule has 0 aromatic heterocycles. The van der Waals surface area contributed by atoms with Crippen LogP contribution in [0.3, 0.4) is 0 Å². The number of carbonyl (C=O) groups is 1. The van der Waals surface area contributed by atoms with Gasteiger partial charge in [0.2, 0.25) is 0 Å². The third-order valence-electron chi connectivity index (χ3n) is 2.54. The van der Waals surface area contributed by atoms with Gasteiger partial charge >= 0.3 is 5.97 Å². The van der Waals surface area contributed by atoms with Crippen molar-refractivity contribution >= 4 is 18.1 Å². The van der Waals surface area contributed by atoms with Crippen molar-refractivity contribution in [1.29, 1.82) is 5.26 Å². The minimum absolute atomic E-state index is 0.394. The van der Waals surface area contributed by atoms with Crippen LogP contribution in [0.4, 0.5) is 0 Å². The fraction of sp³-hybridized carbons (Fsp3) is 0.238. The highest BCUT2D eigenvalue weighted by molar-refractivity contribution is 5.80. The second-order valence-electron chi connectivity index (χ2n) is 4.43. The van der Waals surface area contributed by atoms with Gasteiger partial charge in [-0.05, 0) is 11.1 Å². The number of carbonyl (C=O) groups excluding carboxylic acids is 1. The van der Waals surface area contributed by atoms with Crippen LogP contribution in [0, 0.1) is 11.3 Å². The first-order valence-electron chi connectivity index (χ1n) is 8.18. The molecule has 1 rings (SSSR count). The van der Waals surface area contributed by atoms with Crippen LogP contribution in [-0.2, 0) is 9.53 Å². The number of benzene rings is 1. The molecule has 27 heavy (non-hydrogen) atoms. The van der Waals surface area contributed by atoms with E-state index in [2.05, 4.69) is 36.4 Å². The molecule has 0 amide bonds. The van der Waals surface area contributed by atoms with E-state index in [1.165, 1.54) is 13.2 Å². The van der Waals surface area contributed by atoms with Crippen molar-refractivity contribution < 1.29 is 9.53 Å². The van der Waals surface area contributed by atoms with Gasteiger partial charge in [0.25, 0.3) is 0 Å². The quantitative estimate of drug-likeness (QED) is 0.293. The standard InChI is InChI=1S/C10H10.C4H13N3.C4H6O2.C3H3N/c1-3-9-7-5-6-8-10(9)4-2;5-1-3-7-4-2-6;1-3-4(5)6-2;1-2-3-4/h3-8H,1-2H2;7H,1-6H2;3H,1H2,2H3;2H,1H2. The van der Waals surface area contributed by atoms with E-state index in [0.29, 0.717) is 13.1 Å². The Morgan fingerprint density at radius 1 is 1.11 bits per heavy atom. The van der Waals surface area contributed by atoms with Crippen LogP contribution in [0.25, 0.3) is 12.2 Å². The minimum Gasteiger partial charge on any atom is -0.466 e. The molecule has 5 N–H and O–H groups in total. The van der Waals surface area contributed by atoms with Crippen molar-refractivity contribution in [2.24, 2.45) is 11.5 Å². The van der Waals surface area contributed by atoms with Gasteiger partial charge in [0, 0.05) is 38.3 Å². The van der Waals surface area contributed by atoms with E-state index in [-0.39, 0.29) is 0 Å². The molecule has 0 aliphatic rings. The van der Waals surface area contributed by atoms with E-state index >= 15 is 0 Å². The summed E-state index contributed by atoms with van der Waals surface area (Å²) in [6.07, 6.45) is 5.95. The number of hydrogen-bond donors (Lipinski definition) is 3. The van der Waals surface area contributed by atoms with Crippen LogP contribution in [0.5, 0.6) is 0 Å². The Labute approximate surface area is 163 Å². The SMILES string of the molecule is C=CC#N.C=CC(=O)OC.C=Cc1ccccc1C=C.NCCNCCN. The Morgan fingerprint density at radius 2 is 1.52 bits per heavy atom. The highest BCUT2D eigenvalue weighted by Gasteiger charge is 1.89. The molecule has 0 saturated carbocycles. The summed E-state index contributed by atoms with van der Waals surface area (Å²) in [6.45, 7) is 16.8. The van der Waals surface area contributed by atoms with Gasteiger partial charge in [-0.2, -0.15) is 5.26 Å². The predicted molar refractivity (Wildman–Crippen MR) is 116 cm³/mol. The minimum atomic E-state index is -0.394. The zero-order chi connectivity index (χ0) is 21.3. The number of nitrogens with two attached hydrogens (primary N) is 2. The van der Waals surface area contributed by atoms with E-state index in [4.69, 9.17) is 16.7 Å². The normalized spacial score (nSPS) is 7.78. The number of nitrogens with one attached hydrogen (secondary N) is 1. The van der Waals surface area contributed by atoms with Gasteiger partial charge in [-0.15, -0.1) is 0 Å². The zero-order valence-electron chi connectivity index (χ0n) is 16.2. The summed E-state index contributed by atoms with van der Waals surface area (Å²) < 4.78 is 4.14. The summed E-state index contributed by atoms with van der Waals surface area (Å²) >= 11 is 0. The number of nitrogens with zero attached hydrogens (tertiary/aromatic N) is 1. The zero-order valence-corrected chi connectivity index (χ0v) is 16.2. The molecule has 0 aliphatic carbocycles. The summed E-state index contributed by atoms with van der Waals surface area (Å²) in [6, 6.07) is 9.71. The number of methoxy groups -OCH3 is 1. The van der Waals surface area contributed by atoms with Gasteiger partial charge in [-0.25, -0.2) is 4.79 Å². The first kappa shape index (κ1) is 28.8. The smallest absolute Gasteiger partial charge is 0.329 e. The molecular formula is C21H32N4O2. The molecule has 0 saturated heterocycles. The summed E-state index contributed by atoms with van der Waals surface area (Å²) in [5.74, 6) is -0.394. The van der Waals surface area contributed by atoms with Crippen LogP contribution in [0.2, 0.25) is 0 Å². The Balaban J connectivity index is -0.000000302. The first-order chi connectivity index (χ1) is 13.0. The van der Waals surface area contributed by atoms with E-state index < -0.39 is 5.97 Å². The van der Waals surface area contributed by atoms with Gasteiger partial charge in [-0.1, -0.05) is 62.7 Å². The Bertz CT molecular complexity index is 547. The third kappa shape index (κ3) is 23.0. The van der Waals surface area contributed by atoms with E-state index in [9.17, 15) is 4.79 Å². The van der Waals surface area contributed by atoms with Gasteiger partial charge in [-0.3, -0.25) is 0 Å². The number of ether oxygens (including phenoxy) is 1. The number of nitriles is 1. The molecule has 0 fully saturated rings. The van der Waals surface area contributed by atoms with Gasteiger partial charge in [0.15, 0.2) is 0 Å². The molecule has 0 atom stereocenters. The molecule has 148 valence electrons. The monoisotopic (exact) mass is 372 g/mol. The van der Waals surface area contributed by atoms with Gasteiger partial charge in [0.1, 0.15) is 0 Å². The highest BCUT2D eigenvalue weighted by Crippen LogP contribution is 2.10. The van der Waals surface area contributed by atoms with Crippen LogP contribution >= 0.6 is 0 Å². The van der Waals surface area contributed by atoms with E-state index in [1.54, 1.807) is 6.07 Å². The molecule has 1 aromatic rings. The van der Waals surface area contributed by atoms with Crippen molar-refractivity contribution in [1.82, 2.24) is 5.32 Å². The average molecular weight is 373 g/mol. The fourth-order valence-corrected chi connectivity index (χ4v) is 1.30. The number of esters is 1. The summed E-state index contributed by atoms with van der Waals surface area (Å²) in [5.41, 5.74) is 12.6. The van der Waals surface area contributed by atoms with Crippen molar-refractivity contribution in [3.8, 4) is 6.07 Å². The fourth-order valence-electron chi connectivity index (χ4n) is 1.30. The van der Waals surface area contributed by atoms with Crippen molar-refractivity contribution in [2.45, 2.75) is 0 Å². The Hall–Kier alpha value is -2.98. The molecule has 0 aliphatic heterocycles. The lowest BCUT2D eigenvalue weighted by molar-refractivity contribution is -0.134. The van der Waals surface area contributed by atoms with E-state index in [0.717, 1.165) is 30.3 Å². The van der Waals surface area contributed by atoms with E-state index in [1.807, 2.05) is 36.4 Å².